The Kier molecular flexibility index (Phi) is 6.79. The molecule has 24 heavy (non-hydrogen) atoms. The lowest BCUT2D eigenvalue weighted by Gasteiger charge is -2.23. The van der Waals surface area contributed by atoms with Gasteiger partial charge in [-0.3, -0.25) is 9.78 Å². The lowest BCUT2D eigenvalue weighted by molar-refractivity contribution is 0.0946. The lowest BCUT2D eigenvalue weighted by atomic mass is 10.1. The fraction of sp³-hybridized carbons (Fsp3) is 0.400. The zero-order valence-electron chi connectivity index (χ0n) is 14.9. The number of anilines is 1. The summed E-state index contributed by atoms with van der Waals surface area (Å²) >= 11 is 0. The van der Waals surface area contributed by atoms with Crippen LogP contribution in [-0.2, 0) is 6.54 Å². The summed E-state index contributed by atoms with van der Waals surface area (Å²) in [5.74, 6) is -0.131. The first kappa shape index (κ1) is 18.0. The van der Waals surface area contributed by atoms with E-state index in [2.05, 4.69) is 29.0 Å². The third kappa shape index (κ3) is 4.82. The van der Waals surface area contributed by atoms with Gasteiger partial charge in [-0.05, 0) is 43.0 Å². The maximum atomic E-state index is 12.4. The topological polar surface area (TPSA) is 45.2 Å². The van der Waals surface area contributed by atoms with Gasteiger partial charge >= 0.3 is 0 Å². The number of hydrogen-bond acceptors (Lipinski definition) is 3. The molecule has 0 saturated heterocycles. The summed E-state index contributed by atoms with van der Waals surface area (Å²) in [5.41, 5.74) is 3.84. The molecule has 0 aliphatic heterocycles. The number of aryl methyl sites for hydroxylation is 1. The van der Waals surface area contributed by atoms with E-state index in [4.69, 9.17) is 0 Å². The van der Waals surface area contributed by atoms with Crippen LogP contribution in [0.2, 0.25) is 0 Å². The standard InChI is InChI=1S/C20H27N3O/c1-4-12-23(13-5-2)18-10-11-21-19(14-18)20(24)22-15-17-9-7-6-8-16(17)3/h6-11,14H,4-5,12-13,15H2,1-3H3,(H,22,24). The maximum Gasteiger partial charge on any atom is 0.270 e. The van der Waals surface area contributed by atoms with Crippen LogP contribution in [0.5, 0.6) is 0 Å². The number of nitrogens with zero attached hydrogens (tertiary/aromatic N) is 2. The van der Waals surface area contributed by atoms with Crippen LogP contribution in [0.1, 0.15) is 48.3 Å². The van der Waals surface area contributed by atoms with Gasteiger partial charge in [-0.1, -0.05) is 38.1 Å². The second-order valence-corrected chi connectivity index (χ2v) is 6.00. The highest BCUT2D eigenvalue weighted by Gasteiger charge is 2.11. The van der Waals surface area contributed by atoms with Crippen molar-refractivity contribution in [1.29, 1.82) is 0 Å². The smallest absolute Gasteiger partial charge is 0.270 e. The summed E-state index contributed by atoms with van der Waals surface area (Å²) in [7, 11) is 0. The van der Waals surface area contributed by atoms with Crippen molar-refractivity contribution in [3.63, 3.8) is 0 Å². The summed E-state index contributed by atoms with van der Waals surface area (Å²) in [5, 5.41) is 2.97. The van der Waals surface area contributed by atoms with Crippen LogP contribution < -0.4 is 10.2 Å². The average Bonchev–Trinajstić information content (AvgIpc) is 2.61. The van der Waals surface area contributed by atoms with Crippen molar-refractivity contribution < 1.29 is 4.79 Å². The molecular weight excluding hydrogens is 298 g/mol. The largest absolute Gasteiger partial charge is 0.371 e. The van der Waals surface area contributed by atoms with Crippen molar-refractivity contribution in [3.8, 4) is 0 Å². The molecule has 0 spiro atoms. The number of carbonyl (C=O) groups excluding carboxylic acids is 1. The number of amides is 1. The number of pyridine rings is 1. The molecule has 0 bridgehead atoms. The van der Waals surface area contributed by atoms with Crippen molar-refractivity contribution in [2.45, 2.75) is 40.2 Å². The van der Waals surface area contributed by atoms with E-state index in [1.54, 1.807) is 6.20 Å². The monoisotopic (exact) mass is 325 g/mol. The molecule has 1 aromatic heterocycles. The molecule has 0 aliphatic carbocycles. The molecule has 1 N–H and O–H groups in total. The molecule has 4 nitrogen and oxygen atoms in total. The predicted octanol–water partition coefficient (Wildman–Crippen LogP) is 3.95. The van der Waals surface area contributed by atoms with Crippen LogP contribution in [0.3, 0.4) is 0 Å². The number of hydrogen-bond donors (Lipinski definition) is 1. The molecule has 1 amide bonds. The lowest BCUT2D eigenvalue weighted by Crippen LogP contribution is -2.27. The van der Waals surface area contributed by atoms with Gasteiger partial charge in [0.25, 0.3) is 5.91 Å². The molecule has 0 saturated carbocycles. The third-order valence-corrected chi connectivity index (χ3v) is 4.03. The van der Waals surface area contributed by atoms with E-state index in [0.717, 1.165) is 37.2 Å². The maximum absolute atomic E-state index is 12.4. The van der Waals surface area contributed by atoms with E-state index >= 15 is 0 Å². The molecule has 2 aromatic rings. The quantitative estimate of drug-likeness (QED) is 0.799. The van der Waals surface area contributed by atoms with Crippen molar-refractivity contribution >= 4 is 11.6 Å². The van der Waals surface area contributed by atoms with Crippen molar-refractivity contribution in [2.24, 2.45) is 0 Å². The van der Waals surface area contributed by atoms with E-state index in [1.807, 2.05) is 43.3 Å². The minimum absolute atomic E-state index is 0.131. The van der Waals surface area contributed by atoms with Gasteiger partial charge in [0.15, 0.2) is 0 Å². The molecule has 2 rings (SSSR count). The number of nitrogens with one attached hydrogen (secondary N) is 1. The highest BCUT2D eigenvalue weighted by Crippen LogP contribution is 2.16. The Labute approximate surface area is 144 Å². The number of benzene rings is 1. The molecule has 4 heteroatoms. The van der Waals surface area contributed by atoms with Crippen LogP contribution in [0.4, 0.5) is 5.69 Å². The summed E-state index contributed by atoms with van der Waals surface area (Å²) in [6, 6.07) is 11.9. The Hall–Kier alpha value is -2.36. The Balaban J connectivity index is 2.07. The Morgan fingerprint density at radius 1 is 1.12 bits per heavy atom. The summed E-state index contributed by atoms with van der Waals surface area (Å²) < 4.78 is 0. The number of aromatic nitrogens is 1. The minimum atomic E-state index is -0.131. The SMILES string of the molecule is CCCN(CCC)c1ccnc(C(=O)NCc2ccccc2C)c1. The summed E-state index contributed by atoms with van der Waals surface area (Å²) in [6.07, 6.45) is 3.88. The van der Waals surface area contributed by atoms with Crippen molar-refractivity contribution in [2.75, 3.05) is 18.0 Å². The summed E-state index contributed by atoms with van der Waals surface area (Å²) in [6.45, 7) is 8.88. The van der Waals surface area contributed by atoms with Gasteiger partial charge in [0.1, 0.15) is 5.69 Å². The van der Waals surface area contributed by atoms with Crippen LogP contribution in [0.15, 0.2) is 42.6 Å². The van der Waals surface area contributed by atoms with Gasteiger partial charge < -0.3 is 10.2 Å². The molecular formula is C20H27N3O. The van der Waals surface area contributed by atoms with Crippen LogP contribution in [0.25, 0.3) is 0 Å². The van der Waals surface area contributed by atoms with Gasteiger partial charge in [-0.2, -0.15) is 0 Å². The molecule has 128 valence electrons. The minimum Gasteiger partial charge on any atom is -0.371 e. The van der Waals surface area contributed by atoms with Gasteiger partial charge in [-0.15, -0.1) is 0 Å². The zero-order chi connectivity index (χ0) is 17.4. The van der Waals surface area contributed by atoms with Gasteiger partial charge in [0.05, 0.1) is 0 Å². The van der Waals surface area contributed by atoms with E-state index in [-0.39, 0.29) is 5.91 Å². The molecule has 0 atom stereocenters. The van der Waals surface area contributed by atoms with Gasteiger partial charge in [-0.25, -0.2) is 0 Å². The normalized spacial score (nSPS) is 10.5. The van der Waals surface area contributed by atoms with Crippen LogP contribution in [-0.4, -0.2) is 24.0 Å². The second kappa shape index (κ2) is 9.06. The van der Waals surface area contributed by atoms with E-state index in [0.29, 0.717) is 12.2 Å². The van der Waals surface area contributed by atoms with Crippen molar-refractivity contribution in [3.05, 3.63) is 59.4 Å². The second-order valence-electron chi connectivity index (χ2n) is 6.00. The van der Waals surface area contributed by atoms with Crippen LogP contribution in [0, 0.1) is 6.92 Å². The molecule has 1 heterocycles. The Morgan fingerprint density at radius 2 is 1.83 bits per heavy atom. The average molecular weight is 325 g/mol. The first-order chi connectivity index (χ1) is 11.7. The molecule has 0 aliphatic rings. The summed E-state index contributed by atoms with van der Waals surface area (Å²) in [4.78, 5) is 19.0. The van der Waals surface area contributed by atoms with E-state index in [9.17, 15) is 4.79 Å². The third-order valence-electron chi connectivity index (χ3n) is 4.03. The molecule has 0 radical (unpaired) electrons. The van der Waals surface area contributed by atoms with E-state index < -0.39 is 0 Å². The molecule has 0 fully saturated rings. The number of carbonyl (C=O) groups is 1. The van der Waals surface area contributed by atoms with Gasteiger partial charge in [0, 0.05) is 31.5 Å². The first-order valence-electron chi connectivity index (χ1n) is 8.69. The van der Waals surface area contributed by atoms with Crippen molar-refractivity contribution in [1.82, 2.24) is 10.3 Å². The fourth-order valence-electron chi connectivity index (χ4n) is 2.72. The Bertz CT molecular complexity index is 663. The zero-order valence-corrected chi connectivity index (χ0v) is 14.9. The van der Waals surface area contributed by atoms with E-state index in [1.165, 1.54) is 5.56 Å². The fourth-order valence-corrected chi connectivity index (χ4v) is 2.72. The Morgan fingerprint density at radius 3 is 2.50 bits per heavy atom. The highest BCUT2D eigenvalue weighted by molar-refractivity contribution is 5.93. The number of rotatable bonds is 8. The predicted molar refractivity (Wildman–Crippen MR) is 99.4 cm³/mol. The highest BCUT2D eigenvalue weighted by atomic mass is 16.1. The molecule has 0 unspecified atom stereocenters. The first-order valence-corrected chi connectivity index (χ1v) is 8.69. The molecule has 1 aromatic carbocycles. The van der Waals surface area contributed by atoms with Gasteiger partial charge in [0.2, 0.25) is 0 Å². The van der Waals surface area contributed by atoms with Crippen LogP contribution >= 0.6 is 0 Å².